The summed E-state index contributed by atoms with van der Waals surface area (Å²) in [5.74, 6) is 0.126. The van der Waals surface area contributed by atoms with Gasteiger partial charge in [-0.3, -0.25) is 4.79 Å². The summed E-state index contributed by atoms with van der Waals surface area (Å²) in [6.45, 7) is 14.1. The molecule has 0 aliphatic heterocycles. The van der Waals surface area contributed by atoms with E-state index >= 15 is 0 Å². The van der Waals surface area contributed by atoms with Crippen LogP contribution in [0.25, 0.3) is 0 Å². The zero-order valence-corrected chi connectivity index (χ0v) is 21.8. The van der Waals surface area contributed by atoms with Gasteiger partial charge in [-0.1, -0.05) is 53.4 Å². The molecule has 184 valence electrons. The van der Waals surface area contributed by atoms with Gasteiger partial charge in [0.15, 0.2) is 5.69 Å². The van der Waals surface area contributed by atoms with E-state index in [0.717, 1.165) is 37.2 Å². The summed E-state index contributed by atoms with van der Waals surface area (Å²) < 4.78 is 11.2. The highest BCUT2D eigenvalue weighted by molar-refractivity contribution is 7.09. The highest BCUT2D eigenvalue weighted by Gasteiger charge is 2.31. The Balaban J connectivity index is 3.07. The Morgan fingerprint density at radius 1 is 1.03 bits per heavy atom. The third-order valence-electron chi connectivity index (χ3n) is 5.59. The third-order valence-corrected chi connectivity index (χ3v) is 6.53. The van der Waals surface area contributed by atoms with Crippen molar-refractivity contribution in [1.29, 1.82) is 0 Å². The number of rotatable bonds is 17. The molecule has 1 aromatic heterocycles. The summed E-state index contributed by atoms with van der Waals surface area (Å²) in [7, 11) is 0. The number of esters is 1. The fourth-order valence-corrected chi connectivity index (χ4v) is 4.66. The van der Waals surface area contributed by atoms with Gasteiger partial charge < -0.3 is 14.4 Å². The van der Waals surface area contributed by atoms with Crippen LogP contribution in [-0.2, 0) is 14.3 Å². The summed E-state index contributed by atoms with van der Waals surface area (Å²) in [5, 5.41) is 2.51. The van der Waals surface area contributed by atoms with E-state index in [1.54, 1.807) is 12.3 Å². The van der Waals surface area contributed by atoms with Crippen LogP contribution in [0.15, 0.2) is 5.38 Å². The normalized spacial score (nSPS) is 13.2. The van der Waals surface area contributed by atoms with E-state index in [0.29, 0.717) is 37.7 Å². The molecule has 7 heteroatoms. The van der Waals surface area contributed by atoms with Crippen molar-refractivity contribution in [2.45, 2.75) is 105 Å². The van der Waals surface area contributed by atoms with Gasteiger partial charge in [0, 0.05) is 37.4 Å². The lowest BCUT2D eigenvalue weighted by Crippen LogP contribution is -2.45. The first-order valence-corrected chi connectivity index (χ1v) is 13.3. The molecule has 6 nitrogen and oxygen atoms in total. The van der Waals surface area contributed by atoms with E-state index in [-0.39, 0.29) is 18.1 Å². The Bertz CT molecular complexity index is 662. The molecule has 0 saturated heterocycles. The van der Waals surface area contributed by atoms with Crippen LogP contribution in [0.2, 0.25) is 0 Å². The van der Waals surface area contributed by atoms with Gasteiger partial charge in [-0.2, -0.15) is 0 Å². The summed E-state index contributed by atoms with van der Waals surface area (Å²) in [5.41, 5.74) is 0.327. The van der Waals surface area contributed by atoms with Crippen LogP contribution in [0.3, 0.4) is 0 Å². The largest absolute Gasteiger partial charge is 0.461 e. The van der Waals surface area contributed by atoms with Crippen molar-refractivity contribution in [3.05, 3.63) is 16.1 Å². The fraction of sp³-hybridized carbons (Fsp3) is 0.800. The molecule has 1 heterocycles. The highest BCUT2D eigenvalue weighted by atomic mass is 32.1. The average molecular weight is 469 g/mol. The summed E-state index contributed by atoms with van der Waals surface area (Å²) in [6, 6.07) is 0.0625. The molecule has 1 amide bonds. The minimum absolute atomic E-state index is 0.0625. The van der Waals surface area contributed by atoms with Crippen molar-refractivity contribution < 1.29 is 19.1 Å². The van der Waals surface area contributed by atoms with E-state index in [4.69, 9.17) is 9.47 Å². The predicted octanol–water partition coefficient (Wildman–Crippen LogP) is 6.41. The number of carbonyl (C=O) groups excluding carboxylic acids is 2. The molecular weight excluding hydrogens is 424 g/mol. The number of ether oxygens (including phenoxy) is 2. The molecule has 0 aliphatic rings. The molecule has 0 bridgehead atoms. The lowest BCUT2D eigenvalue weighted by atomic mass is 9.95. The van der Waals surface area contributed by atoms with Crippen molar-refractivity contribution in [1.82, 2.24) is 9.88 Å². The van der Waals surface area contributed by atoms with Crippen molar-refractivity contribution in [3.63, 3.8) is 0 Å². The topological polar surface area (TPSA) is 68.7 Å². The van der Waals surface area contributed by atoms with E-state index in [1.807, 2.05) is 6.92 Å². The molecule has 32 heavy (non-hydrogen) atoms. The van der Waals surface area contributed by atoms with Gasteiger partial charge >= 0.3 is 5.97 Å². The molecular formula is C25H44N2O4S. The highest BCUT2D eigenvalue weighted by Crippen LogP contribution is 2.31. The standard InChI is InChI=1S/C25H44N2O4S/c1-7-11-13-14-16-27(23(28)15-12-8-2)21(19(5)6)17-22(30-9-3)24-26-20(18-32-24)25(29)31-10-4/h18-19,21-22H,7-17H2,1-6H3. The smallest absolute Gasteiger partial charge is 0.357 e. The molecule has 0 radical (unpaired) electrons. The number of hydrogen-bond donors (Lipinski definition) is 0. The van der Waals surface area contributed by atoms with Gasteiger partial charge in [-0.15, -0.1) is 11.3 Å². The molecule has 0 spiro atoms. The van der Waals surface area contributed by atoms with Crippen LogP contribution in [-0.4, -0.2) is 47.6 Å². The van der Waals surface area contributed by atoms with E-state index < -0.39 is 5.97 Å². The maximum Gasteiger partial charge on any atom is 0.357 e. The number of aromatic nitrogens is 1. The Morgan fingerprint density at radius 3 is 2.34 bits per heavy atom. The van der Waals surface area contributed by atoms with Crippen LogP contribution < -0.4 is 0 Å². The molecule has 0 aromatic carbocycles. The van der Waals surface area contributed by atoms with Crippen LogP contribution >= 0.6 is 11.3 Å². The Labute approximate surface area is 199 Å². The molecule has 2 unspecified atom stereocenters. The lowest BCUT2D eigenvalue weighted by Gasteiger charge is -2.36. The molecule has 0 fully saturated rings. The molecule has 0 aliphatic carbocycles. The first-order chi connectivity index (χ1) is 15.4. The minimum Gasteiger partial charge on any atom is -0.461 e. The van der Waals surface area contributed by atoms with Gasteiger partial charge in [-0.05, 0) is 32.6 Å². The van der Waals surface area contributed by atoms with Crippen molar-refractivity contribution in [2.75, 3.05) is 19.8 Å². The molecule has 2 atom stereocenters. The maximum atomic E-state index is 13.2. The van der Waals surface area contributed by atoms with Gasteiger partial charge in [-0.25, -0.2) is 9.78 Å². The average Bonchev–Trinajstić information content (AvgIpc) is 3.26. The molecule has 1 rings (SSSR count). The quantitative estimate of drug-likeness (QED) is 0.195. The van der Waals surface area contributed by atoms with Crippen molar-refractivity contribution >= 4 is 23.2 Å². The first-order valence-electron chi connectivity index (χ1n) is 12.4. The maximum absolute atomic E-state index is 13.2. The number of thiazole rings is 1. The molecule has 0 N–H and O–H groups in total. The van der Waals surface area contributed by atoms with Crippen molar-refractivity contribution in [2.24, 2.45) is 5.92 Å². The van der Waals surface area contributed by atoms with Crippen LogP contribution in [0.1, 0.15) is 115 Å². The monoisotopic (exact) mass is 468 g/mol. The van der Waals surface area contributed by atoms with Crippen molar-refractivity contribution in [3.8, 4) is 0 Å². The zero-order chi connectivity index (χ0) is 23.9. The molecule has 0 saturated carbocycles. The zero-order valence-electron chi connectivity index (χ0n) is 21.0. The second-order valence-corrected chi connectivity index (χ2v) is 9.42. The Hall–Kier alpha value is -1.47. The summed E-state index contributed by atoms with van der Waals surface area (Å²) in [6.07, 6.45) is 7.49. The lowest BCUT2D eigenvalue weighted by molar-refractivity contribution is -0.135. The fourth-order valence-electron chi connectivity index (χ4n) is 3.81. The van der Waals surface area contributed by atoms with E-state index in [9.17, 15) is 9.59 Å². The number of amides is 1. The Morgan fingerprint density at radius 2 is 1.75 bits per heavy atom. The SMILES string of the molecule is CCCCCCN(C(=O)CCCC)C(CC(OCC)c1nc(C(=O)OCC)cs1)C(C)C. The van der Waals surface area contributed by atoms with Gasteiger partial charge in [0.1, 0.15) is 11.1 Å². The van der Waals surface area contributed by atoms with Gasteiger partial charge in [0.05, 0.1) is 6.61 Å². The summed E-state index contributed by atoms with van der Waals surface area (Å²) >= 11 is 1.42. The number of nitrogens with zero attached hydrogens (tertiary/aromatic N) is 2. The second-order valence-electron chi connectivity index (χ2n) is 8.53. The first kappa shape index (κ1) is 28.6. The van der Waals surface area contributed by atoms with Gasteiger partial charge in [0.25, 0.3) is 0 Å². The minimum atomic E-state index is -0.405. The van der Waals surface area contributed by atoms with E-state index in [1.165, 1.54) is 24.2 Å². The van der Waals surface area contributed by atoms with E-state index in [2.05, 4.69) is 37.6 Å². The van der Waals surface area contributed by atoms with Gasteiger partial charge in [0.2, 0.25) is 5.91 Å². The third kappa shape index (κ3) is 9.57. The Kier molecular flexibility index (Phi) is 14.5. The predicted molar refractivity (Wildman–Crippen MR) is 131 cm³/mol. The van der Waals surface area contributed by atoms with Crippen LogP contribution in [0, 0.1) is 5.92 Å². The molecule has 1 aromatic rings. The van der Waals surface area contributed by atoms with Crippen LogP contribution in [0.5, 0.6) is 0 Å². The number of hydrogen-bond acceptors (Lipinski definition) is 6. The number of unbranched alkanes of at least 4 members (excludes halogenated alkanes) is 4. The summed E-state index contributed by atoms with van der Waals surface area (Å²) in [4.78, 5) is 31.8. The second kappa shape index (κ2) is 16.2. The number of carbonyl (C=O) groups is 2. The van der Waals surface area contributed by atoms with Crippen LogP contribution in [0.4, 0.5) is 0 Å².